The van der Waals surface area contributed by atoms with Crippen molar-refractivity contribution in [2.75, 3.05) is 20.8 Å². The van der Waals surface area contributed by atoms with Crippen LogP contribution in [-0.2, 0) is 17.7 Å². The predicted octanol–water partition coefficient (Wildman–Crippen LogP) is 3.11. The number of methoxy groups -OCH3 is 2. The second kappa shape index (κ2) is 8.00. The number of carbonyl (C=O) groups is 1. The Labute approximate surface area is 159 Å². The molecule has 2 heterocycles. The lowest BCUT2D eigenvalue weighted by molar-refractivity contribution is -0.00702. The number of hydrogen-bond acceptors (Lipinski definition) is 5. The Hall–Kier alpha value is -2.54. The van der Waals surface area contributed by atoms with Crippen molar-refractivity contribution in [2.45, 2.75) is 45.9 Å². The molecule has 146 valence electrons. The van der Waals surface area contributed by atoms with Crippen molar-refractivity contribution in [2.24, 2.45) is 0 Å². The molecule has 0 saturated heterocycles. The predicted molar refractivity (Wildman–Crippen MR) is 101 cm³/mol. The topological polar surface area (TPSA) is 76.7 Å². The number of fused-ring (bicyclic) bond motifs is 1. The van der Waals surface area contributed by atoms with Gasteiger partial charge in [-0.25, -0.2) is 0 Å². The lowest BCUT2D eigenvalue weighted by Gasteiger charge is -2.26. The number of nitrogens with zero attached hydrogens (tertiary/aromatic N) is 2. The van der Waals surface area contributed by atoms with Crippen molar-refractivity contribution in [3.8, 4) is 11.5 Å². The van der Waals surface area contributed by atoms with Crippen molar-refractivity contribution in [1.82, 2.24) is 15.1 Å². The van der Waals surface area contributed by atoms with E-state index in [0.29, 0.717) is 36.7 Å². The highest BCUT2D eigenvalue weighted by Crippen LogP contribution is 2.31. The average molecular weight is 373 g/mol. The van der Waals surface area contributed by atoms with Crippen LogP contribution in [0, 0.1) is 0 Å². The molecule has 3 rings (SSSR count). The van der Waals surface area contributed by atoms with Gasteiger partial charge in [-0.05, 0) is 38.5 Å². The minimum Gasteiger partial charge on any atom is -0.493 e. The number of benzene rings is 1. The standard InChI is InChI=1S/C20H27N3O4/c1-6-23(11-14-7-8-16(25-4)17(10-14)26-5)20(24)19-15-9-12(2)27-13(3)18(15)21-22-19/h7-8,10,12-13H,6,9,11H2,1-5H3,(H,21,22)/t12-,13+/m0/s1. The normalized spacial score (nSPS) is 18.7. The van der Waals surface area contributed by atoms with Gasteiger partial charge in [0.1, 0.15) is 0 Å². The number of rotatable bonds is 6. The Morgan fingerprint density at radius 3 is 2.70 bits per heavy atom. The second-order valence-corrected chi connectivity index (χ2v) is 6.77. The van der Waals surface area contributed by atoms with Gasteiger partial charge in [0.15, 0.2) is 17.2 Å². The number of carbonyl (C=O) groups excluding carboxylic acids is 1. The summed E-state index contributed by atoms with van der Waals surface area (Å²) in [6, 6.07) is 5.69. The smallest absolute Gasteiger partial charge is 0.274 e. The van der Waals surface area contributed by atoms with Crippen LogP contribution in [0.4, 0.5) is 0 Å². The van der Waals surface area contributed by atoms with E-state index in [-0.39, 0.29) is 18.1 Å². The van der Waals surface area contributed by atoms with Gasteiger partial charge in [0.25, 0.3) is 5.91 Å². The Balaban J connectivity index is 1.84. The lowest BCUT2D eigenvalue weighted by Crippen LogP contribution is -2.32. The molecule has 1 amide bonds. The molecule has 0 unspecified atom stereocenters. The summed E-state index contributed by atoms with van der Waals surface area (Å²) in [5.41, 5.74) is 3.34. The van der Waals surface area contributed by atoms with E-state index in [1.807, 2.05) is 39.0 Å². The van der Waals surface area contributed by atoms with Gasteiger partial charge in [-0.15, -0.1) is 0 Å². The molecule has 0 aliphatic carbocycles. The maximum atomic E-state index is 13.2. The maximum absolute atomic E-state index is 13.2. The van der Waals surface area contributed by atoms with Crippen LogP contribution < -0.4 is 9.47 Å². The number of aromatic nitrogens is 2. The van der Waals surface area contributed by atoms with Gasteiger partial charge < -0.3 is 19.1 Å². The minimum absolute atomic E-state index is 0.0672. The van der Waals surface area contributed by atoms with Crippen LogP contribution in [0.3, 0.4) is 0 Å². The van der Waals surface area contributed by atoms with Crippen LogP contribution in [0.15, 0.2) is 18.2 Å². The fourth-order valence-electron chi connectivity index (χ4n) is 3.53. The molecule has 0 fully saturated rings. The van der Waals surface area contributed by atoms with Gasteiger partial charge in [0.05, 0.1) is 32.1 Å². The maximum Gasteiger partial charge on any atom is 0.274 e. The Morgan fingerprint density at radius 2 is 2.04 bits per heavy atom. The molecule has 0 bridgehead atoms. The molecular formula is C20H27N3O4. The number of H-pyrrole nitrogens is 1. The van der Waals surface area contributed by atoms with Gasteiger partial charge in [0.2, 0.25) is 0 Å². The fraction of sp³-hybridized carbons (Fsp3) is 0.500. The zero-order valence-electron chi connectivity index (χ0n) is 16.5. The highest BCUT2D eigenvalue weighted by Gasteiger charge is 2.31. The fourth-order valence-corrected chi connectivity index (χ4v) is 3.53. The van der Waals surface area contributed by atoms with Gasteiger partial charge in [0, 0.05) is 25.1 Å². The van der Waals surface area contributed by atoms with Gasteiger partial charge in [-0.3, -0.25) is 9.89 Å². The third-order valence-electron chi connectivity index (χ3n) is 4.93. The number of amides is 1. The molecule has 2 atom stereocenters. The first kappa shape index (κ1) is 19.2. The summed E-state index contributed by atoms with van der Waals surface area (Å²) in [4.78, 5) is 14.9. The summed E-state index contributed by atoms with van der Waals surface area (Å²) >= 11 is 0. The first-order chi connectivity index (χ1) is 13.0. The highest BCUT2D eigenvalue weighted by atomic mass is 16.5. The van der Waals surface area contributed by atoms with Crippen molar-refractivity contribution in [1.29, 1.82) is 0 Å². The summed E-state index contributed by atoms with van der Waals surface area (Å²) in [5, 5.41) is 7.31. The van der Waals surface area contributed by atoms with Gasteiger partial charge >= 0.3 is 0 Å². The zero-order chi connectivity index (χ0) is 19.6. The third-order valence-corrected chi connectivity index (χ3v) is 4.93. The van der Waals surface area contributed by atoms with E-state index in [4.69, 9.17) is 14.2 Å². The van der Waals surface area contributed by atoms with Crippen LogP contribution in [0.1, 0.15) is 54.2 Å². The molecule has 0 radical (unpaired) electrons. The Kier molecular flexibility index (Phi) is 5.70. The molecular weight excluding hydrogens is 346 g/mol. The summed E-state index contributed by atoms with van der Waals surface area (Å²) in [6.07, 6.45) is 0.668. The molecule has 1 aliphatic rings. The first-order valence-corrected chi connectivity index (χ1v) is 9.21. The number of nitrogens with one attached hydrogen (secondary N) is 1. The molecule has 27 heavy (non-hydrogen) atoms. The van der Waals surface area contributed by atoms with E-state index >= 15 is 0 Å². The largest absolute Gasteiger partial charge is 0.493 e. The third kappa shape index (κ3) is 3.78. The molecule has 1 aromatic carbocycles. The summed E-state index contributed by atoms with van der Waals surface area (Å²) in [7, 11) is 3.20. The SMILES string of the molecule is CCN(Cc1ccc(OC)c(OC)c1)C(=O)c1n[nH]c2c1C[C@H](C)O[C@@H]2C. The lowest BCUT2D eigenvalue weighted by atomic mass is 9.99. The summed E-state index contributed by atoms with van der Waals surface area (Å²) < 4.78 is 16.5. The monoisotopic (exact) mass is 373 g/mol. The van der Waals surface area contributed by atoms with Crippen LogP contribution in [-0.4, -0.2) is 47.9 Å². The number of hydrogen-bond donors (Lipinski definition) is 1. The Morgan fingerprint density at radius 1 is 1.30 bits per heavy atom. The van der Waals surface area contributed by atoms with Crippen molar-refractivity contribution >= 4 is 5.91 Å². The molecule has 7 heteroatoms. The van der Waals surface area contributed by atoms with Crippen molar-refractivity contribution in [3.63, 3.8) is 0 Å². The Bertz CT molecular complexity index is 818. The van der Waals surface area contributed by atoms with Crippen LogP contribution in [0.25, 0.3) is 0 Å². The second-order valence-electron chi connectivity index (χ2n) is 6.77. The number of aromatic amines is 1. The zero-order valence-corrected chi connectivity index (χ0v) is 16.5. The van der Waals surface area contributed by atoms with Gasteiger partial charge in [-0.2, -0.15) is 5.10 Å². The van der Waals surface area contributed by atoms with E-state index in [9.17, 15) is 4.79 Å². The summed E-state index contributed by atoms with van der Waals surface area (Å²) in [5.74, 6) is 1.24. The van der Waals surface area contributed by atoms with E-state index in [1.165, 1.54) is 0 Å². The van der Waals surface area contributed by atoms with E-state index in [0.717, 1.165) is 16.8 Å². The first-order valence-electron chi connectivity index (χ1n) is 9.21. The van der Waals surface area contributed by atoms with Crippen LogP contribution >= 0.6 is 0 Å². The van der Waals surface area contributed by atoms with Crippen molar-refractivity contribution in [3.05, 3.63) is 40.7 Å². The van der Waals surface area contributed by atoms with E-state index < -0.39 is 0 Å². The molecule has 1 aliphatic heterocycles. The van der Waals surface area contributed by atoms with Gasteiger partial charge in [-0.1, -0.05) is 6.07 Å². The molecule has 7 nitrogen and oxygen atoms in total. The minimum atomic E-state index is -0.0845. The average Bonchev–Trinajstić information content (AvgIpc) is 3.09. The van der Waals surface area contributed by atoms with Crippen LogP contribution in [0.5, 0.6) is 11.5 Å². The van der Waals surface area contributed by atoms with E-state index in [1.54, 1.807) is 19.1 Å². The van der Waals surface area contributed by atoms with Crippen molar-refractivity contribution < 1.29 is 19.0 Å². The number of ether oxygens (including phenoxy) is 3. The molecule has 0 spiro atoms. The van der Waals surface area contributed by atoms with Crippen LogP contribution in [0.2, 0.25) is 0 Å². The molecule has 1 N–H and O–H groups in total. The van der Waals surface area contributed by atoms with E-state index in [2.05, 4.69) is 10.2 Å². The summed E-state index contributed by atoms with van der Waals surface area (Å²) in [6.45, 7) is 7.01. The molecule has 1 aromatic heterocycles. The highest BCUT2D eigenvalue weighted by molar-refractivity contribution is 5.94. The quantitative estimate of drug-likeness (QED) is 0.842. The molecule has 2 aromatic rings. The molecule has 0 saturated carbocycles.